The van der Waals surface area contributed by atoms with E-state index < -0.39 is 0 Å². The molecular weight excluding hydrogens is 532 g/mol. The fraction of sp³-hybridized carbons (Fsp3) is 0.548. The Kier molecular flexibility index (Phi) is 10.8. The molecule has 2 aromatic carbocycles. The van der Waals surface area contributed by atoms with Crippen LogP contribution in [0, 0.1) is 18.3 Å². The molecule has 3 aromatic rings. The Morgan fingerprint density at radius 1 is 0.977 bits per heavy atom. The molecular formula is C42H58N2. The largest absolute Gasteiger partial charge is 0.303 e. The average molecular weight is 591 g/mol. The fourth-order valence-corrected chi connectivity index (χ4v) is 7.39. The highest BCUT2D eigenvalue weighted by Gasteiger charge is 2.29. The van der Waals surface area contributed by atoms with E-state index in [1.165, 1.54) is 114 Å². The van der Waals surface area contributed by atoms with Crippen LogP contribution in [0.3, 0.4) is 0 Å². The van der Waals surface area contributed by atoms with Gasteiger partial charge >= 0.3 is 0 Å². The first kappa shape index (κ1) is 32.7. The maximum atomic E-state index is 4.97. The van der Waals surface area contributed by atoms with Crippen LogP contribution in [0.25, 0.3) is 17.0 Å². The minimum Gasteiger partial charge on any atom is -0.303 e. The number of pyridine rings is 1. The van der Waals surface area contributed by atoms with Crippen LogP contribution in [0.5, 0.6) is 0 Å². The normalized spacial score (nSPS) is 17.0. The second kappa shape index (κ2) is 14.6. The number of hydrogen-bond acceptors (Lipinski definition) is 2. The van der Waals surface area contributed by atoms with E-state index in [4.69, 9.17) is 4.98 Å². The van der Waals surface area contributed by atoms with E-state index in [1.807, 2.05) is 0 Å². The number of nitrogens with zero attached hydrogens (tertiary/aromatic N) is 2. The summed E-state index contributed by atoms with van der Waals surface area (Å²) in [5, 5.41) is 1.34. The van der Waals surface area contributed by atoms with Gasteiger partial charge in [0.15, 0.2) is 0 Å². The molecule has 0 unspecified atom stereocenters. The highest BCUT2D eigenvalue weighted by Crippen LogP contribution is 2.44. The molecule has 1 atom stereocenters. The lowest BCUT2D eigenvalue weighted by Crippen LogP contribution is -2.30. The topological polar surface area (TPSA) is 16.1 Å². The number of unbranched alkanes of at least 4 members (excludes halogenated alkanes) is 1. The highest BCUT2D eigenvalue weighted by molar-refractivity contribution is 5.85. The van der Waals surface area contributed by atoms with Crippen LogP contribution in [0.2, 0.25) is 0 Å². The zero-order valence-corrected chi connectivity index (χ0v) is 28.8. The summed E-state index contributed by atoms with van der Waals surface area (Å²) in [6.07, 6.45) is 20.4. The fourth-order valence-electron chi connectivity index (χ4n) is 7.39. The van der Waals surface area contributed by atoms with Gasteiger partial charge < -0.3 is 4.90 Å². The van der Waals surface area contributed by atoms with Crippen LogP contribution in [0.4, 0.5) is 0 Å². The predicted molar refractivity (Wildman–Crippen MR) is 192 cm³/mol. The first-order valence-electron chi connectivity index (χ1n) is 17.8. The van der Waals surface area contributed by atoms with E-state index >= 15 is 0 Å². The van der Waals surface area contributed by atoms with E-state index in [0.29, 0.717) is 5.92 Å². The van der Waals surface area contributed by atoms with Crippen LogP contribution in [0.1, 0.15) is 131 Å². The lowest BCUT2D eigenvalue weighted by Gasteiger charge is -2.26. The lowest BCUT2D eigenvalue weighted by molar-refractivity contribution is 0.225. The van der Waals surface area contributed by atoms with Gasteiger partial charge in [-0.25, -0.2) is 0 Å². The van der Waals surface area contributed by atoms with Gasteiger partial charge in [0, 0.05) is 17.5 Å². The van der Waals surface area contributed by atoms with Crippen LogP contribution >= 0.6 is 0 Å². The molecule has 2 heteroatoms. The zero-order chi connectivity index (χ0) is 31.3. The third-order valence-electron chi connectivity index (χ3n) is 10.2. The molecule has 0 amide bonds. The Balaban J connectivity index is 1.51. The number of hydrogen-bond donors (Lipinski definition) is 0. The van der Waals surface area contributed by atoms with Crippen molar-refractivity contribution in [1.82, 2.24) is 9.88 Å². The Hall–Kier alpha value is -2.71. The summed E-state index contributed by atoms with van der Waals surface area (Å²) >= 11 is 0. The van der Waals surface area contributed by atoms with Crippen LogP contribution in [-0.2, 0) is 19.3 Å². The van der Waals surface area contributed by atoms with Crippen LogP contribution in [-0.4, -0.2) is 29.5 Å². The van der Waals surface area contributed by atoms with Gasteiger partial charge in [0.25, 0.3) is 0 Å². The molecule has 0 N–H and O–H groups in total. The predicted octanol–water partition coefficient (Wildman–Crippen LogP) is 11.0. The van der Waals surface area contributed by atoms with Crippen molar-refractivity contribution in [3.05, 3.63) is 93.7 Å². The number of fused-ring (bicyclic) bond motifs is 1. The number of aryl methyl sites for hydroxylation is 3. The van der Waals surface area contributed by atoms with Gasteiger partial charge in [0.2, 0.25) is 0 Å². The maximum Gasteiger partial charge on any atom is 0.0707 e. The first-order chi connectivity index (χ1) is 21.2. The minimum atomic E-state index is 0.149. The Morgan fingerprint density at radius 2 is 1.75 bits per heavy atom. The van der Waals surface area contributed by atoms with Gasteiger partial charge in [-0.3, -0.25) is 4.98 Å². The van der Waals surface area contributed by atoms with E-state index in [9.17, 15) is 0 Å². The summed E-state index contributed by atoms with van der Waals surface area (Å²) in [5.41, 5.74) is 12.9. The van der Waals surface area contributed by atoms with E-state index in [2.05, 4.69) is 102 Å². The third-order valence-corrected chi connectivity index (χ3v) is 10.2. The molecule has 1 saturated heterocycles. The Labute approximate surface area is 269 Å². The summed E-state index contributed by atoms with van der Waals surface area (Å²) in [5.74, 6) is 0.982. The summed E-state index contributed by atoms with van der Waals surface area (Å²) in [6, 6.07) is 12.0. The molecule has 2 heterocycles. The molecule has 5 rings (SSSR count). The SMILES string of the molecule is C=C(C[C@@H](c1ccc(C)c(/C=C\C(C)(C)C)c1CC)c1ccnc2cc(CCCCN3CCCCC3)c(CC)cc12)C1CC1. The molecule has 2 aliphatic rings. The van der Waals surface area contributed by atoms with Gasteiger partial charge in [-0.15, -0.1) is 0 Å². The number of aromatic nitrogens is 1. The van der Waals surface area contributed by atoms with Crippen LogP contribution < -0.4 is 0 Å². The van der Waals surface area contributed by atoms with Crippen LogP contribution in [0.15, 0.2) is 54.8 Å². The lowest BCUT2D eigenvalue weighted by atomic mass is 9.78. The number of rotatable bonds is 13. The molecule has 1 aliphatic heterocycles. The van der Waals surface area contributed by atoms with Crippen molar-refractivity contribution < 1.29 is 0 Å². The van der Waals surface area contributed by atoms with Crippen molar-refractivity contribution in [2.24, 2.45) is 11.3 Å². The molecule has 0 radical (unpaired) electrons. The van der Waals surface area contributed by atoms with Crippen molar-refractivity contribution in [2.45, 2.75) is 118 Å². The molecule has 0 spiro atoms. The number of allylic oxidation sites excluding steroid dienone is 2. The molecule has 2 fully saturated rings. The Bertz CT molecular complexity index is 1460. The monoisotopic (exact) mass is 590 g/mol. The van der Waals surface area contributed by atoms with Gasteiger partial charge in [0.1, 0.15) is 0 Å². The molecule has 44 heavy (non-hydrogen) atoms. The zero-order valence-electron chi connectivity index (χ0n) is 28.8. The third kappa shape index (κ3) is 8.11. The Morgan fingerprint density at radius 3 is 2.43 bits per heavy atom. The summed E-state index contributed by atoms with van der Waals surface area (Å²) in [4.78, 5) is 7.65. The first-order valence-corrected chi connectivity index (χ1v) is 17.8. The molecule has 236 valence electrons. The average Bonchev–Trinajstić information content (AvgIpc) is 3.87. The summed E-state index contributed by atoms with van der Waals surface area (Å²) < 4.78 is 0. The van der Waals surface area contributed by atoms with Gasteiger partial charge in [0.05, 0.1) is 5.52 Å². The van der Waals surface area contributed by atoms with Crippen molar-refractivity contribution >= 4 is 17.0 Å². The highest BCUT2D eigenvalue weighted by atomic mass is 15.1. The second-order valence-electron chi connectivity index (χ2n) is 14.9. The van der Waals surface area contributed by atoms with Crippen molar-refractivity contribution in [3.63, 3.8) is 0 Å². The van der Waals surface area contributed by atoms with Crippen molar-refractivity contribution in [2.75, 3.05) is 19.6 Å². The summed E-state index contributed by atoms with van der Waals surface area (Å²) in [7, 11) is 0. The van der Waals surface area contributed by atoms with Gasteiger partial charge in [-0.05, 0) is 159 Å². The minimum absolute atomic E-state index is 0.149. The van der Waals surface area contributed by atoms with Crippen molar-refractivity contribution in [3.8, 4) is 0 Å². The number of benzene rings is 2. The van der Waals surface area contributed by atoms with Gasteiger partial charge in [-0.1, -0.05) is 77.5 Å². The van der Waals surface area contributed by atoms with E-state index in [1.54, 1.807) is 0 Å². The van der Waals surface area contributed by atoms with E-state index in [0.717, 1.165) is 31.2 Å². The molecule has 1 aromatic heterocycles. The molecule has 2 nitrogen and oxygen atoms in total. The maximum absolute atomic E-state index is 4.97. The van der Waals surface area contributed by atoms with E-state index in [-0.39, 0.29) is 11.3 Å². The number of piperidine rings is 1. The van der Waals surface area contributed by atoms with Crippen molar-refractivity contribution in [1.29, 1.82) is 0 Å². The standard InChI is InChI=1S/C42H58N2/c1-8-32-28-40-38(21-23-43-41(40)29-34(32)15-11-14-26-44-24-12-10-13-25-44)39(27-31(4)33-17-18-33)37-19-16-30(3)36(35(37)9-2)20-22-42(5,6)7/h16,19-23,28-29,33,39H,4,8-15,17-18,24-27H2,1-3,5-7H3/b22-20-/t39-/m0/s1. The molecule has 1 aliphatic carbocycles. The summed E-state index contributed by atoms with van der Waals surface area (Å²) in [6.45, 7) is 22.3. The van der Waals surface area contributed by atoms with Gasteiger partial charge in [-0.2, -0.15) is 0 Å². The quantitative estimate of drug-likeness (QED) is 0.145. The molecule has 0 bridgehead atoms. The smallest absolute Gasteiger partial charge is 0.0707 e. The molecule has 1 saturated carbocycles. The number of likely N-dealkylation sites (tertiary alicyclic amines) is 1. The second-order valence-corrected chi connectivity index (χ2v) is 14.9.